The fraction of sp³-hybridized carbons (Fsp3) is 0.222. The summed E-state index contributed by atoms with van der Waals surface area (Å²) in [6.07, 6.45) is 0.231. The van der Waals surface area contributed by atoms with E-state index in [1.54, 1.807) is 49.6 Å². The van der Waals surface area contributed by atoms with Crippen molar-refractivity contribution in [1.29, 1.82) is 0 Å². The highest BCUT2D eigenvalue weighted by Crippen LogP contribution is 2.29. The molecule has 0 aliphatic carbocycles. The summed E-state index contributed by atoms with van der Waals surface area (Å²) in [5.74, 6) is 0.808. The van der Waals surface area contributed by atoms with Crippen molar-refractivity contribution in [3.8, 4) is 11.5 Å². The number of methoxy groups -OCH3 is 2. The van der Waals surface area contributed by atoms with E-state index < -0.39 is 0 Å². The Bertz CT molecular complexity index is 728. The van der Waals surface area contributed by atoms with E-state index in [4.69, 9.17) is 9.47 Å². The molecule has 0 saturated heterocycles. The zero-order valence-electron chi connectivity index (χ0n) is 13.5. The van der Waals surface area contributed by atoms with Gasteiger partial charge in [-0.1, -0.05) is 28.1 Å². The third-order valence-electron chi connectivity index (χ3n) is 3.43. The van der Waals surface area contributed by atoms with E-state index in [0.29, 0.717) is 22.7 Å². The largest absolute Gasteiger partial charge is 0.497 e. The van der Waals surface area contributed by atoms with Crippen LogP contribution in [0.3, 0.4) is 0 Å². The van der Waals surface area contributed by atoms with Crippen LogP contribution in [0.2, 0.25) is 0 Å². The highest BCUT2D eigenvalue weighted by Gasteiger charge is 2.12. The minimum Gasteiger partial charge on any atom is -0.497 e. The predicted molar refractivity (Wildman–Crippen MR) is 95.9 cm³/mol. The Morgan fingerprint density at radius 2 is 1.71 bits per heavy atom. The fourth-order valence-corrected chi connectivity index (χ4v) is 2.40. The number of carbonyl (C=O) groups excluding carboxylic acids is 2. The van der Waals surface area contributed by atoms with Gasteiger partial charge >= 0.3 is 0 Å². The van der Waals surface area contributed by atoms with Crippen LogP contribution in [0.15, 0.2) is 46.9 Å². The van der Waals surface area contributed by atoms with Crippen molar-refractivity contribution in [2.24, 2.45) is 0 Å². The lowest BCUT2D eigenvalue weighted by molar-refractivity contribution is -0.116. The van der Waals surface area contributed by atoms with Crippen molar-refractivity contribution in [2.45, 2.75) is 12.8 Å². The van der Waals surface area contributed by atoms with Crippen LogP contribution in [0.5, 0.6) is 11.5 Å². The van der Waals surface area contributed by atoms with Gasteiger partial charge in [0, 0.05) is 28.9 Å². The standard InChI is InChI=1S/C18H18BrNO4/c1-23-14-7-9-17(24-2)15(11-14)20-18(22)10-8-16(21)12-3-5-13(19)6-4-12/h3-7,9,11H,8,10H2,1-2H3,(H,20,22). The molecule has 24 heavy (non-hydrogen) atoms. The normalized spacial score (nSPS) is 10.1. The summed E-state index contributed by atoms with van der Waals surface area (Å²) >= 11 is 3.32. The molecule has 2 rings (SSSR count). The second-order valence-corrected chi connectivity index (χ2v) is 5.96. The summed E-state index contributed by atoms with van der Waals surface area (Å²) in [7, 11) is 3.07. The van der Waals surface area contributed by atoms with Gasteiger partial charge in [-0.3, -0.25) is 9.59 Å². The number of hydrogen-bond donors (Lipinski definition) is 1. The molecule has 0 spiro atoms. The predicted octanol–water partition coefficient (Wildman–Crippen LogP) is 4.07. The molecule has 2 aromatic carbocycles. The molecule has 0 aliphatic rings. The molecule has 6 heteroatoms. The van der Waals surface area contributed by atoms with Gasteiger partial charge < -0.3 is 14.8 Å². The Labute approximate surface area is 149 Å². The molecule has 0 saturated carbocycles. The van der Waals surface area contributed by atoms with E-state index in [1.807, 2.05) is 0 Å². The molecule has 126 valence electrons. The number of carbonyl (C=O) groups is 2. The van der Waals surface area contributed by atoms with Gasteiger partial charge in [0.25, 0.3) is 0 Å². The van der Waals surface area contributed by atoms with Gasteiger partial charge in [-0.25, -0.2) is 0 Å². The summed E-state index contributed by atoms with van der Waals surface area (Å²) < 4.78 is 11.3. The van der Waals surface area contributed by atoms with Gasteiger partial charge in [0.1, 0.15) is 11.5 Å². The molecule has 0 aliphatic heterocycles. The number of ketones is 1. The number of ether oxygens (including phenoxy) is 2. The Balaban J connectivity index is 1.96. The number of amides is 1. The molecule has 0 aromatic heterocycles. The molecule has 1 amide bonds. The molecule has 0 heterocycles. The second-order valence-electron chi connectivity index (χ2n) is 5.04. The molecule has 0 radical (unpaired) electrons. The Morgan fingerprint density at radius 1 is 1.00 bits per heavy atom. The topological polar surface area (TPSA) is 64.6 Å². The highest BCUT2D eigenvalue weighted by atomic mass is 79.9. The Morgan fingerprint density at radius 3 is 2.33 bits per heavy atom. The first-order valence-electron chi connectivity index (χ1n) is 7.34. The molecular weight excluding hydrogens is 374 g/mol. The fourth-order valence-electron chi connectivity index (χ4n) is 2.13. The van der Waals surface area contributed by atoms with E-state index >= 15 is 0 Å². The van der Waals surface area contributed by atoms with E-state index in [-0.39, 0.29) is 24.5 Å². The monoisotopic (exact) mass is 391 g/mol. The first-order valence-corrected chi connectivity index (χ1v) is 8.13. The van der Waals surface area contributed by atoms with Gasteiger partial charge in [0.05, 0.1) is 19.9 Å². The minimum atomic E-state index is -0.257. The first-order chi connectivity index (χ1) is 11.5. The molecular formula is C18H18BrNO4. The number of hydrogen-bond acceptors (Lipinski definition) is 4. The summed E-state index contributed by atoms with van der Waals surface area (Å²) in [5.41, 5.74) is 1.10. The van der Waals surface area contributed by atoms with Crippen molar-refractivity contribution in [3.05, 3.63) is 52.5 Å². The molecule has 1 N–H and O–H groups in total. The number of rotatable bonds is 7. The van der Waals surface area contributed by atoms with Crippen LogP contribution in [0.4, 0.5) is 5.69 Å². The Hall–Kier alpha value is -2.34. The van der Waals surface area contributed by atoms with Crippen molar-refractivity contribution >= 4 is 33.3 Å². The van der Waals surface area contributed by atoms with Crippen LogP contribution < -0.4 is 14.8 Å². The number of anilines is 1. The minimum absolute atomic E-state index is 0.0738. The average Bonchev–Trinajstić information content (AvgIpc) is 2.60. The lowest BCUT2D eigenvalue weighted by Gasteiger charge is -2.11. The number of Topliss-reactive ketones (excluding diaryl/α,β-unsaturated/α-hetero) is 1. The zero-order chi connectivity index (χ0) is 17.5. The van der Waals surface area contributed by atoms with Crippen LogP contribution in [-0.4, -0.2) is 25.9 Å². The zero-order valence-corrected chi connectivity index (χ0v) is 15.1. The summed E-state index contributed by atoms with van der Waals surface area (Å²) in [6, 6.07) is 12.2. The van der Waals surface area contributed by atoms with Crippen molar-refractivity contribution in [1.82, 2.24) is 0 Å². The van der Waals surface area contributed by atoms with Crippen LogP contribution in [0, 0.1) is 0 Å². The number of nitrogens with one attached hydrogen (secondary N) is 1. The summed E-state index contributed by atoms with van der Waals surface area (Å²) in [4.78, 5) is 24.2. The van der Waals surface area contributed by atoms with Gasteiger partial charge in [-0.2, -0.15) is 0 Å². The van der Waals surface area contributed by atoms with Gasteiger partial charge in [-0.05, 0) is 24.3 Å². The van der Waals surface area contributed by atoms with Crippen LogP contribution in [0.25, 0.3) is 0 Å². The first kappa shape index (κ1) is 18.0. The molecule has 0 fully saturated rings. The van der Waals surface area contributed by atoms with Crippen LogP contribution >= 0.6 is 15.9 Å². The molecule has 0 bridgehead atoms. The van der Waals surface area contributed by atoms with Crippen molar-refractivity contribution < 1.29 is 19.1 Å². The molecule has 0 unspecified atom stereocenters. The van der Waals surface area contributed by atoms with E-state index in [1.165, 1.54) is 7.11 Å². The quantitative estimate of drug-likeness (QED) is 0.722. The molecule has 5 nitrogen and oxygen atoms in total. The van der Waals surface area contributed by atoms with Gasteiger partial charge in [0.2, 0.25) is 5.91 Å². The molecule has 0 atom stereocenters. The molecule has 2 aromatic rings. The van der Waals surface area contributed by atoms with Gasteiger partial charge in [-0.15, -0.1) is 0 Å². The van der Waals surface area contributed by atoms with E-state index in [0.717, 1.165) is 4.47 Å². The summed E-state index contributed by atoms with van der Waals surface area (Å²) in [6.45, 7) is 0. The SMILES string of the molecule is COc1ccc(OC)c(NC(=O)CCC(=O)c2ccc(Br)cc2)c1. The number of benzene rings is 2. The number of halogens is 1. The lowest BCUT2D eigenvalue weighted by atomic mass is 10.1. The van der Waals surface area contributed by atoms with E-state index in [9.17, 15) is 9.59 Å². The van der Waals surface area contributed by atoms with Crippen molar-refractivity contribution in [3.63, 3.8) is 0 Å². The lowest BCUT2D eigenvalue weighted by Crippen LogP contribution is -2.14. The smallest absolute Gasteiger partial charge is 0.224 e. The maximum Gasteiger partial charge on any atom is 0.224 e. The van der Waals surface area contributed by atoms with Crippen molar-refractivity contribution in [2.75, 3.05) is 19.5 Å². The third-order valence-corrected chi connectivity index (χ3v) is 3.95. The highest BCUT2D eigenvalue weighted by molar-refractivity contribution is 9.10. The van der Waals surface area contributed by atoms with Crippen LogP contribution in [0.1, 0.15) is 23.2 Å². The maximum atomic E-state index is 12.1. The van der Waals surface area contributed by atoms with Gasteiger partial charge in [0.15, 0.2) is 5.78 Å². The van der Waals surface area contributed by atoms with E-state index in [2.05, 4.69) is 21.2 Å². The average molecular weight is 392 g/mol. The Kier molecular flexibility index (Phi) is 6.37. The van der Waals surface area contributed by atoms with Crippen LogP contribution in [-0.2, 0) is 4.79 Å². The maximum absolute atomic E-state index is 12.1. The summed E-state index contributed by atoms with van der Waals surface area (Å²) in [5, 5.41) is 2.75. The third kappa shape index (κ3) is 4.83. The second kappa shape index (κ2) is 8.49.